The van der Waals surface area contributed by atoms with Gasteiger partial charge in [-0.2, -0.15) is 0 Å². The third kappa shape index (κ3) is 11.0. The molecule has 0 fully saturated rings. The van der Waals surface area contributed by atoms with E-state index in [0.717, 1.165) is 25.7 Å². The van der Waals surface area contributed by atoms with Crippen LogP contribution in [0.15, 0.2) is 45.9 Å². The number of fused-ring (bicyclic) bond motifs is 1. The first kappa shape index (κ1) is 42.9. The second-order valence-electron chi connectivity index (χ2n) is 13.6. The lowest BCUT2D eigenvalue weighted by Crippen LogP contribution is -2.47. The van der Waals surface area contributed by atoms with Crippen molar-refractivity contribution in [3.63, 3.8) is 0 Å². The van der Waals surface area contributed by atoms with Gasteiger partial charge in [0.05, 0.1) is 19.1 Å². The van der Waals surface area contributed by atoms with Crippen LogP contribution in [-0.4, -0.2) is 43.2 Å². The van der Waals surface area contributed by atoms with Crippen LogP contribution in [0.2, 0.25) is 33.2 Å². The van der Waals surface area contributed by atoms with Gasteiger partial charge in [0.15, 0.2) is 0 Å². The molecule has 0 saturated carbocycles. The standard InChI is InChI=1S/C17H27BrN2OSi.C15H27BrN2OSi.C2H3ClO/c1-12(2)22(13(3)4,14(5)6)21-11-15-9-16(18)10-20-8-7-19-17(15)20;1-10(2)20(11(3)4,12(5)6)19-9-13-7-14(16)8-18-15(13)17;3-1-2-4/h7-10,12-14H,11H2,1-6H3;7-8,10-12H,9H2,1-6H3,(H2,17,18);2H,1H2. The van der Waals surface area contributed by atoms with Crippen LogP contribution in [0.3, 0.4) is 0 Å². The van der Waals surface area contributed by atoms with E-state index in [-0.39, 0.29) is 5.88 Å². The molecule has 0 atom stereocenters. The zero-order chi connectivity index (χ0) is 35.4. The van der Waals surface area contributed by atoms with Crippen molar-refractivity contribution >= 4 is 77.8 Å². The van der Waals surface area contributed by atoms with E-state index >= 15 is 0 Å². The largest absolute Gasteiger partial charge is 0.412 e. The minimum Gasteiger partial charge on any atom is -0.412 e. The number of carbonyl (C=O) groups excluding carboxylic acids is 1. The van der Waals surface area contributed by atoms with Gasteiger partial charge in [-0.1, -0.05) is 83.1 Å². The molecule has 0 spiro atoms. The molecule has 260 valence electrons. The maximum absolute atomic E-state index is 9.04. The fourth-order valence-electron chi connectivity index (χ4n) is 7.19. The van der Waals surface area contributed by atoms with E-state index in [9.17, 15) is 0 Å². The van der Waals surface area contributed by atoms with Gasteiger partial charge in [-0.25, -0.2) is 9.97 Å². The topological polar surface area (TPSA) is 91.7 Å². The number of carbonyl (C=O) groups is 1. The molecule has 0 aliphatic carbocycles. The highest BCUT2D eigenvalue weighted by Crippen LogP contribution is 2.44. The molecule has 0 radical (unpaired) electrons. The van der Waals surface area contributed by atoms with Crippen LogP contribution in [0.1, 0.15) is 94.2 Å². The lowest BCUT2D eigenvalue weighted by Gasteiger charge is -2.42. The van der Waals surface area contributed by atoms with E-state index in [1.807, 2.05) is 29.1 Å². The van der Waals surface area contributed by atoms with Crippen molar-refractivity contribution in [2.45, 2.75) is 130 Å². The van der Waals surface area contributed by atoms with Gasteiger partial charge in [0, 0.05) is 44.9 Å². The first-order valence-electron chi connectivity index (χ1n) is 16.2. The number of hydrogen-bond acceptors (Lipinski definition) is 6. The lowest BCUT2D eigenvalue weighted by atomic mass is 10.3. The van der Waals surface area contributed by atoms with E-state index in [1.54, 1.807) is 6.20 Å². The number of hydrogen-bond donors (Lipinski definition) is 1. The summed E-state index contributed by atoms with van der Waals surface area (Å²) in [5, 5.41) is 0. The number of imidazole rings is 1. The first-order chi connectivity index (χ1) is 21.4. The number of pyridine rings is 2. The quantitative estimate of drug-likeness (QED) is 0.105. The number of nitrogen functional groups attached to an aromatic ring is 1. The van der Waals surface area contributed by atoms with E-state index < -0.39 is 16.6 Å². The van der Waals surface area contributed by atoms with Gasteiger partial charge in [0.1, 0.15) is 17.8 Å². The van der Waals surface area contributed by atoms with Crippen molar-refractivity contribution in [2.24, 2.45) is 0 Å². The predicted octanol–water partition coefficient (Wildman–Crippen LogP) is 11.3. The maximum Gasteiger partial charge on any atom is 0.200 e. The van der Waals surface area contributed by atoms with Crippen LogP contribution in [-0.2, 0) is 26.9 Å². The number of anilines is 1. The van der Waals surface area contributed by atoms with Gasteiger partial charge in [0.2, 0.25) is 16.6 Å². The Kier molecular flexibility index (Phi) is 18.5. The minimum absolute atomic E-state index is 0.111. The van der Waals surface area contributed by atoms with Crippen LogP contribution in [0.4, 0.5) is 5.82 Å². The number of aldehydes is 1. The number of rotatable bonds is 13. The maximum atomic E-state index is 9.04. The summed E-state index contributed by atoms with van der Waals surface area (Å²) in [5.74, 6) is 0.673. The zero-order valence-electron chi connectivity index (χ0n) is 29.9. The van der Waals surface area contributed by atoms with Gasteiger partial charge in [-0.15, -0.1) is 11.6 Å². The Balaban J connectivity index is 0.000000414. The summed E-state index contributed by atoms with van der Waals surface area (Å²) in [6.45, 7) is 28.8. The first-order valence-corrected chi connectivity index (χ1v) is 22.6. The SMILES string of the molecule is CC(C)[Si](OCc1cc(Br)cn2ccnc12)(C(C)C)C(C)C.CC(C)[Si](OCc1cc(Br)cnc1N)(C(C)C)C(C)C.O=CCCl. The monoisotopic (exact) mass is 818 g/mol. The molecule has 2 N–H and O–H groups in total. The average Bonchev–Trinajstić information content (AvgIpc) is 3.43. The van der Waals surface area contributed by atoms with Crippen molar-refractivity contribution in [1.29, 1.82) is 0 Å². The van der Waals surface area contributed by atoms with Crippen molar-refractivity contribution < 1.29 is 13.6 Å². The summed E-state index contributed by atoms with van der Waals surface area (Å²) in [6, 6.07) is 4.13. The van der Waals surface area contributed by atoms with Gasteiger partial charge < -0.3 is 23.8 Å². The molecule has 3 rings (SSSR count). The molecule has 0 aromatic carbocycles. The van der Waals surface area contributed by atoms with Crippen LogP contribution < -0.4 is 5.73 Å². The highest BCUT2D eigenvalue weighted by Gasteiger charge is 2.46. The molecular formula is C34H57Br2ClN4O3Si2. The fourth-order valence-corrected chi connectivity index (χ4v) is 18.9. The Bertz CT molecular complexity index is 1310. The molecule has 0 unspecified atom stereocenters. The Hall–Kier alpha value is -1.09. The van der Waals surface area contributed by atoms with Crippen LogP contribution >= 0.6 is 43.5 Å². The Morgan fingerprint density at radius 1 is 0.783 bits per heavy atom. The van der Waals surface area contributed by atoms with Crippen LogP contribution in [0.25, 0.3) is 5.65 Å². The summed E-state index contributed by atoms with van der Waals surface area (Å²) >= 11 is 11.8. The number of halogens is 3. The van der Waals surface area contributed by atoms with Crippen LogP contribution in [0.5, 0.6) is 0 Å². The molecular weight excluding hydrogens is 764 g/mol. The van der Waals surface area contributed by atoms with Gasteiger partial charge in [-0.3, -0.25) is 0 Å². The highest BCUT2D eigenvalue weighted by molar-refractivity contribution is 9.10. The fraction of sp³-hybridized carbons (Fsp3) is 0.618. The molecule has 46 heavy (non-hydrogen) atoms. The second-order valence-corrected chi connectivity index (χ2v) is 26.6. The van der Waals surface area contributed by atoms with Crippen LogP contribution in [0, 0.1) is 0 Å². The molecule has 3 aromatic heterocycles. The molecule has 12 heteroatoms. The molecule has 0 bridgehead atoms. The number of aromatic nitrogens is 3. The van der Waals surface area contributed by atoms with E-state index in [2.05, 4.69) is 131 Å². The van der Waals surface area contributed by atoms with Gasteiger partial charge in [-0.05, 0) is 77.2 Å². The molecule has 0 aliphatic heterocycles. The predicted molar refractivity (Wildman–Crippen MR) is 208 cm³/mol. The van der Waals surface area contributed by atoms with Crippen molar-refractivity contribution in [3.05, 3.63) is 57.0 Å². The van der Waals surface area contributed by atoms with E-state index in [1.165, 1.54) is 0 Å². The zero-order valence-corrected chi connectivity index (χ0v) is 35.8. The summed E-state index contributed by atoms with van der Waals surface area (Å²) in [7, 11) is -3.70. The average molecular weight is 821 g/mol. The summed E-state index contributed by atoms with van der Waals surface area (Å²) in [6.07, 6.45) is 8.20. The van der Waals surface area contributed by atoms with Gasteiger partial charge >= 0.3 is 0 Å². The van der Waals surface area contributed by atoms with Crippen molar-refractivity contribution in [2.75, 3.05) is 11.6 Å². The lowest BCUT2D eigenvalue weighted by molar-refractivity contribution is -0.105. The van der Waals surface area contributed by atoms with E-state index in [4.69, 9.17) is 31.0 Å². The Labute approximate surface area is 302 Å². The van der Waals surface area contributed by atoms with Crippen molar-refractivity contribution in [3.8, 4) is 0 Å². The molecule has 0 aliphatic rings. The smallest absolute Gasteiger partial charge is 0.200 e. The molecule has 3 heterocycles. The summed E-state index contributed by atoms with van der Waals surface area (Å²) in [4.78, 5) is 17.7. The van der Waals surface area contributed by atoms with E-state index in [0.29, 0.717) is 58.6 Å². The minimum atomic E-state index is -1.85. The Morgan fingerprint density at radius 2 is 1.20 bits per heavy atom. The Morgan fingerprint density at radius 3 is 1.61 bits per heavy atom. The summed E-state index contributed by atoms with van der Waals surface area (Å²) in [5.41, 5.74) is 12.6. The third-order valence-electron chi connectivity index (χ3n) is 8.93. The highest BCUT2D eigenvalue weighted by atomic mass is 79.9. The second kappa shape index (κ2) is 19.8. The number of nitrogens with zero attached hydrogens (tertiary/aromatic N) is 3. The number of alkyl halides is 1. The number of nitrogens with two attached hydrogens (primary N) is 1. The molecule has 7 nitrogen and oxygen atoms in total. The van der Waals surface area contributed by atoms with Gasteiger partial charge in [0.25, 0.3) is 0 Å². The third-order valence-corrected chi connectivity index (χ3v) is 22.0. The molecule has 0 saturated heterocycles. The normalized spacial score (nSPS) is 12.3. The summed E-state index contributed by atoms with van der Waals surface area (Å²) < 4.78 is 17.3. The molecule has 0 amide bonds. The molecule has 3 aromatic rings. The van der Waals surface area contributed by atoms with Crippen molar-refractivity contribution in [1.82, 2.24) is 14.4 Å².